The third-order valence-corrected chi connectivity index (χ3v) is 3.51. The molecular weight excluding hydrogens is 262 g/mol. The maximum absolute atomic E-state index is 5.09. The molecule has 0 aliphatic carbocycles. The number of oxime groups is 1. The first kappa shape index (κ1) is 11.8. The van der Waals surface area contributed by atoms with Crippen molar-refractivity contribution in [3.8, 4) is 0 Å². The summed E-state index contributed by atoms with van der Waals surface area (Å²) in [6, 6.07) is 20.3. The molecule has 2 heterocycles. The lowest BCUT2D eigenvalue weighted by atomic mass is 10.0. The van der Waals surface area contributed by atoms with Gasteiger partial charge in [-0.2, -0.15) is 5.48 Å². The molecule has 2 aromatic carbocycles. The van der Waals surface area contributed by atoms with Gasteiger partial charge in [0.2, 0.25) is 5.84 Å². The van der Waals surface area contributed by atoms with Crippen molar-refractivity contribution in [3.63, 3.8) is 0 Å². The molecule has 4 nitrogen and oxygen atoms in total. The number of hydrogen-bond acceptors (Lipinski definition) is 4. The van der Waals surface area contributed by atoms with Crippen molar-refractivity contribution in [1.29, 1.82) is 0 Å². The Balaban J connectivity index is 1.78. The van der Waals surface area contributed by atoms with E-state index in [1.54, 1.807) is 0 Å². The van der Waals surface area contributed by atoms with Gasteiger partial charge in [0.15, 0.2) is 0 Å². The van der Waals surface area contributed by atoms with Crippen LogP contribution in [0.25, 0.3) is 5.57 Å². The highest BCUT2D eigenvalue weighted by Gasteiger charge is 2.28. The molecule has 0 aromatic heterocycles. The summed E-state index contributed by atoms with van der Waals surface area (Å²) in [5.41, 5.74) is 7.01. The van der Waals surface area contributed by atoms with Gasteiger partial charge in [-0.25, -0.2) is 0 Å². The van der Waals surface area contributed by atoms with Crippen LogP contribution in [0.2, 0.25) is 0 Å². The fraction of sp³-hybridized carbons (Fsp3) is 0. The number of fused-ring (bicyclic) bond motifs is 1. The molecule has 0 atom stereocenters. The largest absolute Gasteiger partial charge is 0.297 e. The highest BCUT2D eigenvalue weighted by Crippen LogP contribution is 2.30. The lowest BCUT2D eigenvalue weighted by Crippen LogP contribution is -2.31. The van der Waals surface area contributed by atoms with E-state index in [4.69, 9.17) is 4.94 Å². The zero-order valence-corrected chi connectivity index (χ0v) is 11.2. The number of benzene rings is 2. The van der Waals surface area contributed by atoms with Crippen molar-refractivity contribution in [2.75, 3.05) is 4.90 Å². The number of anilines is 1. The molecule has 0 bridgehead atoms. The molecule has 2 aliphatic heterocycles. The van der Waals surface area contributed by atoms with Crippen molar-refractivity contribution in [1.82, 2.24) is 5.48 Å². The molecule has 0 spiro atoms. The van der Waals surface area contributed by atoms with E-state index in [-0.39, 0.29) is 0 Å². The molecule has 0 saturated carbocycles. The van der Waals surface area contributed by atoms with E-state index in [9.17, 15) is 0 Å². The molecular formula is C17H13N3O. The molecule has 0 fully saturated rings. The molecule has 1 N–H and O–H groups in total. The van der Waals surface area contributed by atoms with E-state index in [0.29, 0.717) is 0 Å². The van der Waals surface area contributed by atoms with Crippen molar-refractivity contribution in [2.24, 2.45) is 5.16 Å². The van der Waals surface area contributed by atoms with Gasteiger partial charge in [0, 0.05) is 17.5 Å². The summed E-state index contributed by atoms with van der Waals surface area (Å²) in [7, 11) is 0. The second-order valence-electron chi connectivity index (χ2n) is 4.78. The quantitative estimate of drug-likeness (QED) is 0.913. The zero-order valence-electron chi connectivity index (χ0n) is 11.2. The Bertz CT molecular complexity index is 748. The number of allylic oxidation sites excluding steroid dienone is 2. The Kier molecular flexibility index (Phi) is 2.71. The number of hydrogen-bond donors (Lipinski definition) is 1. The second-order valence-corrected chi connectivity index (χ2v) is 4.78. The fourth-order valence-corrected chi connectivity index (χ4v) is 2.50. The van der Waals surface area contributed by atoms with Crippen LogP contribution < -0.4 is 10.4 Å². The smallest absolute Gasteiger partial charge is 0.207 e. The minimum absolute atomic E-state index is 0.766. The van der Waals surface area contributed by atoms with Gasteiger partial charge in [-0.3, -0.25) is 9.84 Å². The van der Waals surface area contributed by atoms with Gasteiger partial charge in [-0.15, -0.1) is 0 Å². The summed E-state index contributed by atoms with van der Waals surface area (Å²) in [6.45, 7) is 0. The Hall–Kier alpha value is -3.01. The molecule has 2 aliphatic rings. The van der Waals surface area contributed by atoms with E-state index < -0.39 is 0 Å². The van der Waals surface area contributed by atoms with Crippen LogP contribution in [-0.4, -0.2) is 5.84 Å². The average Bonchev–Trinajstić information content (AvgIpc) is 3.05. The third-order valence-electron chi connectivity index (χ3n) is 3.51. The standard InChI is InChI=1S/C17H13N3O/c1-3-7-13(8-4-1)15-11-12-20(14-9-5-2-6-10-14)17-16(15)18-21-19-17/h1-12,18H. The van der Waals surface area contributed by atoms with Gasteiger partial charge < -0.3 is 0 Å². The van der Waals surface area contributed by atoms with Gasteiger partial charge in [-0.05, 0) is 28.9 Å². The fourth-order valence-electron chi connectivity index (χ4n) is 2.50. The van der Waals surface area contributed by atoms with E-state index in [1.165, 1.54) is 0 Å². The Morgan fingerprint density at radius 2 is 1.62 bits per heavy atom. The van der Waals surface area contributed by atoms with Gasteiger partial charge in [0.1, 0.15) is 5.70 Å². The highest BCUT2D eigenvalue weighted by molar-refractivity contribution is 6.17. The minimum Gasteiger partial charge on any atom is -0.297 e. The zero-order chi connectivity index (χ0) is 14.1. The van der Waals surface area contributed by atoms with Crippen LogP contribution in [0.1, 0.15) is 5.56 Å². The van der Waals surface area contributed by atoms with Crippen molar-refractivity contribution >= 4 is 17.1 Å². The Morgan fingerprint density at radius 3 is 2.38 bits per heavy atom. The topological polar surface area (TPSA) is 36.9 Å². The van der Waals surface area contributed by atoms with Crippen molar-refractivity contribution in [2.45, 2.75) is 0 Å². The molecule has 2 aromatic rings. The number of amidine groups is 1. The molecule has 0 amide bonds. The first-order valence-corrected chi connectivity index (χ1v) is 6.76. The summed E-state index contributed by atoms with van der Waals surface area (Å²) in [6.07, 6.45) is 4.08. The molecule has 21 heavy (non-hydrogen) atoms. The molecule has 0 saturated heterocycles. The number of nitrogens with one attached hydrogen (secondary N) is 1. The lowest BCUT2D eigenvalue weighted by molar-refractivity contribution is 0.0909. The minimum atomic E-state index is 0.766. The van der Waals surface area contributed by atoms with Crippen molar-refractivity contribution < 1.29 is 4.94 Å². The predicted molar refractivity (Wildman–Crippen MR) is 83.1 cm³/mol. The van der Waals surface area contributed by atoms with E-state index in [0.717, 1.165) is 28.4 Å². The summed E-state index contributed by atoms with van der Waals surface area (Å²) in [5.74, 6) is 0.766. The predicted octanol–water partition coefficient (Wildman–Crippen LogP) is 3.28. The summed E-state index contributed by atoms with van der Waals surface area (Å²) < 4.78 is 0. The Labute approximate surface area is 122 Å². The summed E-state index contributed by atoms with van der Waals surface area (Å²) in [5, 5.41) is 4.11. The molecule has 0 radical (unpaired) electrons. The van der Waals surface area contributed by atoms with Crippen LogP contribution in [0.15, 0.2) is 83.8 Å². The molecule has 102 valence electrons. The number of hydroxylamine groups is 1. The first-order chi connectivity index (χ1) is 10.4. The molecule has 0 unspecified atom stereocenters. The van der Waals surface area contributed by atoms with Crippen LogP contribution >= 0.6 is 0 Å². The van der Waals surface area contributed by atoms with Gasteiger partial charge in [-0.1, -0.05) is 48.5 Å². The summed E-state index contributed by atoms with van der Waals surface area (Å²) in [4.78, 5) is 7.10. The van der Waals surface area contributed by atoms with Gasteiger partial charge in [0.05, 0.1) is 0 Å². The average molecular weight is 275 g/mol. The van der Waals surface area contributed by atoms with Crippen LogP contribution in [0.5, 0.6) is 0 Å². The van der Waals surface area contributed by atoms with Crippen LogP contribution in [0.4, 0.5) is 5.69 Å². The van der Waals surface area contributed by atoms with Gasteiger partial charge >= 0.3 is 0 Å². The van der Waals surface area contributed by atoms with Crippen LogP contribution in [0.3, 0.4) is 0 Å². The number of para-hydroxylation sites is 1. The van der Waals surface area contributed by atoms with E-state index in [2.05, 4.69) is 28.8 Å². The normalized spacial score (nSPS) is 16.2. The third kappa shape index (κ3) is 1.97. The highest BCUT2D eigenvalue weighted by atomic mass is 16.8. The molecule has 4 heteroatoms. The second kappa shape index (κ2) is 4.83. The maximum Gasteiger partial charge on any atom is 0.207 e. The maximum atomic E-state index is 5.09. The Morgan fingerprint density at radius 1 is 0.905 bits per heavy atom. The van der Waals surface area contributed by atoms with Crippen molar-refractivity contribution in [3.05, 3.63) is 84.2 Å². The van der Waals surface area contributed by atoms with E-state index in [1.807, 2.05) is 59.6 Å². The summed E-state index contributed by atoms with van der Waals surface area (Å²) >= 11 is 0. The SMILES string of the molecule is C1=CN(c2ccccc2)C2=NONC2=C1c1ccccc1. The van der Waals surface area contributed by atoms with Gasteiger partial charge in [0.25, 0.3) is 0 Å². The molecule has 4 rings (SSSR count). The monoisotopic (exact) mass is 275 g/mol. The number of nitrogens with zero attached hydrogens (tertiary/aromatic N) is 2. The van der Waals surface area contributed by atoms with Crippen LogP contribution in [-0.2, 0) is 4.94 Å². The lowest BCUT2D eigenvalue weighted by Gasteiger charge is -2.24. The number of rotatable bonds is 2. The van der Waals surface area contributed by atoms with Crippen LogP contribution in [0, 0.1) is 0 Å². The first-order valence-electron chi connectivity index (χ1n) is 6.76. The van der Waals surface area contributed by atoms with E-state index >= 15 is 0 Å².